The molecule has 1 aromatic carbocycles. The summed E-state index contributed by atoms with van der Waals surface area (Å²) in [5, 5.41) is 3.16. The van der Waals surface area contributed by atoms with E-state index in [1.54, 1.807) is 0 Å². The Kier molecular flexibility index (Phi) is 4.02. The summed E-state index contributed by atoms with van der Waals surface area (Å²) in [6.45, 7) is 6.25. The van der Waals surface area contributed by atoms with Gasteiger partial charge in [-0.3, -0.25) is 0 Å². The van der Waals surface area contributed by atoms with Crippen LogP contribution in [0.15, 0.2) is 12.1 Å². The van der Waals surface area contributed by atoms with Crippen LogP contribution in [0.3, 0.4) is 0 Å². The van der Waals surface area contributed by atoms with Gasteiger partial charge >= 0.3 is 120 Å². The van der Waals surface area contributed by atoms with Crippen LogP contribution in [0.1, 0.15) is 46.1 Å². The van der Waals surface area contributed by atoms with E-state index < -0.39 is 5.66 Å². The number of nitrogens with one attached hydrogen (secondary N) is 1. The van der Waals surface area contributed by atoms with E-state index in [9.17, 15) is 0 Å². The second kappa shape index (κ2) is 5.07. The van der Waals surface area contributed by atoms with Crippen LogP contribution in [0.4, 0.5) is 0 Å². The predicted molar refractivity (Wildman–Crippen MR) is 72.0 cm³/mol. The van der Waals surface area contributed by atoms with Crippen molar-refractivity contribution in [3.8, 4) is 0 Å². The van der Waals surface area contributed by atoms with E-state index in [1.165, 1.54) is 21.1 Å². The van der Waals surface area contributed by atoms with Crippen LogP contribution in [-0.4, -0.2) is 11.5 Å². The molecular weight excluding hydrogens is 337 g/mol. The van der Waals surface area contributed by atoms with E-state index in [2.05, 4.69) is 31.3 Å². The van der Waals surface area contributed by atoms with Gasteiger partial charge in [0.15, 0.2) is 0 Å². The second-order valence-corrected chi connectivity index (χ2v) is 8.58. The van der Waals surface area contributed by atoms with Crippen molar-refractivity contribution in [2.45, 2.75) is 36.4 Å². The van der Waals surface area contributed by atoms with Gasteiger partial charge in [0, 0.05) is 0 Å². The molecule has 102 valence electrons. The van der Waals surface area contributed by atoms with Gasteiger partial charge in [-0.05, 0) is 0 Å². The SMILES string of the molecule is CNC(C)(N)c1cc(C)c(C2C[I-]2)c(C(C)N)c1. The Balaban J connectivity index is 2.53. The first kappa shape index (κ1) is 14.2. The maximum absolute atomic E-state index is 6.27. The molecular formula is C14H23IN3-. The van der Waals surface area contributed by atoms with Crippen LogP contribution in [0.2, 0.25) is 0 Å². The molecule has 1 aliphatic heterocycles. The van der Waals surface area contributed by atoms with Crippen molar-refractivity contribution in [1.29, 1.82) is 0 Å². The summed E-state index contributed by atoms with van der Waals surface area (Å²) in [6.07, 6.45) is 0. The zero-order chi connectivity index (χ0) is 13.5. The number of hydrogen-bond acceptors (Lipinski definition) is 3. The molecule has 3 nitrogen and oxygen atoms in total. The fraction of sp³-hybridized carbons (Fsp3) is 0.571. The summed E-state index contributed by atoms with van der Waals surface area (Å²) >= 11 is 0.391. The van der Waals surface area contributed by atoms with Crippen LogP contribution in [-0.2, 0) is 5.66 Å². The number of halogens is 1. The quantitative estimate of drug-likeness (QED) is 0.348. The van der Waals surface area contributed by atoms with E-state index in [4.69, 9.17) is 11.5 Å². The Bertz CT molecular complexity index is 451. The number of benzene rings is 1. The van der Waals surface area contributed by atoms with Gasteiger partial charge in [0.25, 0.3) is 0 Å². The van der Waals surface area contributed by atoms with Crippen LogP contribution >= 0.6 is 0 Å². The normalized spacial score (nSPS) is 24.0. The van der Waals surface area contributed by atoms with Gasteiger partial charge in [-0.2, -0.15) is 0 Å². The van der Waals surface area contributed by atoms with E-state index in [0.29, 0.717) is 21.2 Å². The molecule has 3 atom stereocenters. The van der Waals surface area contributed by atoms with Gasteiger partial charge in [0.2, 0.25) is 0 Å². The van der Waals surface area contributed by atoms with Gasteiger partial charge in [0.1, 0.15) is 0 Å². The number of alkyl halides is 2. The van der Waals surface area contributed by atoms with Crippen molar-refractivity contribution in [2.75, 3.05) is 11.5 Å². The molecule has 0 aliphatic carbocycles. The minimum absolute atomic E-state index is 0.0796. The number of aryl methyl sites for hydroxylation is 1. The van der Waals surface area contributed by atoms with Crippen molar-refractivity contribution in [3.63, 3.8) is 0 Å². The van der Waals surface area contributed by atoms with Gasteiger partial charge in [-0.1, -0.05) is 0 Å². The maximum atomic E-state index is 6.27. The summed E-state index contributed by atoms with van der Waals surface area (Å²) in [4.78, 5) is 0. The molecule has 1 fully saturated rings. The first-order valence-corrected chi connectivity index (χ1v) is 9.10. The Morgan fingerprint density at radius 2 is 2.11 bits per heavy atom. The molecule has 1 aliphatic rings. The summed E-state index contributed by atoms with van der Waals surface area (Å²) in [6, 6.07) is 4.50. The van der Waals surface area contributed by atoms with Crippen LogP contribution in [0.5, 0.6) is 0 Å². The fourth-order valence-corrected chi connectivity index (χ4v) is 4.26. The third kappa shape index (κ3) is 2.71. The molecule has 1 heterocycles. The molecule has 0 saturated carbocycles. The standard InChI is InChI=1S/C14H23IN3/c1-8-5-10(14(3,17)18-4)6-11(9(2)16)13(8)12-7-15-12/h5-6,9,12,18H,7,16-17H2,1-4H3/q-1. The number of nitrogens with two attached hydrogens (primary N) is 2. The summed E-state index contributed by atoms with van der Waals surface area (Å²) < 4.78 is 2.24. The molecule has 0 amide bonds. The first-order valence-electron chi connectivity index (χ1n) is 6.33. The first-order chi connectivity index (χ1) is 8.36. The molecule has 0 bridgehead atoms. The average molecular weight is 360 g/mol. The monoisotopic (exact) mass is 360 g/mol. The van der Waals surface area contributed by atoms with Crippen LogP contribution in [0, 0.1) is 6.92 Å². The Hall–Kier alpha value is -0.170. The predicted octanol–water partition coefficient (Wildman–Crippen LogP) is -1.49. The van der Waals surface area contributed by atoms with Gasteiger partial charge in [-0.25, -0.2) is 0 Å². The third-order valence-electron chi connectivity index (χ3n) is 3.65. The van der Waals surface area contributed by atoms with E-state index >= 15 is 0 Å². The van der Waals surface area contributed by atoms with E-state index in [1.807, 2.05) is 14.0 Å². The molecule has 5 N–H and O–H groups in total. The second-order valence-electron chi connectivity index (χ2n) is 5.31. The molecule has 2 rings (SSSR count). The Labute approximate surface area is 120 Å². The molecule has 1 aromatic rings. The van der Waals surface area contributed by atoms with E-state index in [0.717, 1.165) is 9.49 Å². The van der Waals surface area contributed by atoms with Crippen molar-refractivity contribution in [2.24, 2.45) is 11.5 Å². The number of hydrogen-bond donors (Lipinski definition) is 3. The molecule has 0 spiro atoms. The number of rotatable bonds is 4. The topological polar surface area (TPSA) is 64.1 Å². The zero-order valence-electron chi connectivity index (χ0n) is 11.5. The van der Waals surface area contributed by atoms with Gasteiger partial charge < -0.3 is 0 Å². The molecule has 1 saturated heterocycles. The van der Waals surface area contributed by atoms with Crippen molar-refractivity contribution in [1.82, 2.24) is 5.32 Å². The summed E-state index contributed by atoms with van der Waals surface area (Å²) in [5.41, 5.74) is 17.2. The van der Waals surface area contributed by atoms with Gasteiger partial charge in [0.05, 0.1) is 0 Å². The summed E-state index contributed by atoms with van der Waals surface area (Å²) in [7, 11) is 1.89. The molecule has 3 unspecified atom stereocenters. The van der Waals surface area contributed by atoms with Crippen molar-refractivity contribution < 1.29 is 21.2 Å². The van der Waals surface area contributed by atoms with Crippen LogP contribution < -0.4 is 38.0 Å². The van der Waals surface area contributed by atoms with Crippen molar-refractivity contribution in [3.05, 3.63) is 34.4 Å². The Morgan fingerprint density at radius 3 is 2.56 bits per heavy atom. The minimum atomic E-state index is -0.495. The average Bonchev–Trinajstić information content (AvgIpc) is 3.11. The van der Waals surface area contributed by atoms with Crippen molar-refractivity contribution >= 4 is 0 Å². The molecule has 0 radical (unpaired) electrons. The molecule has 18 heavy (non-hydrogen) atoms. The van der Waals surface area contributed by atoms with Crippen LogP contribution in [0.25, 0.3) is 0 Å². The molecule has 4 heteroatoms. The molecule has 0 aromatic heterocycles. The summed E-state index contributed by atoms with van der Waals surface area (Å²) in [5.74, 6) is 0. The third-order valence-corrected chi connectivity index (χ3v) is 6.03. The fourth-order valence-electron chi connectivity index (χ4n) is 2.27. The zero-order valence-corrected chi connectivity index (χ0v) is 13.7. The Morgan fingerprint density at radius 1 is 1.50 bits per heavy atom. The van der Waals surface area contributed by atoms with E-state index in [-0.39, 0.29) is 6.04 Å². The van der Waals surface area contributed by atoms with Gasteiger partial charge in [-0.15, -0.1) is 0 Å².